The molecule has 1 aromatic rings. The molecule has 0 aromatic heterocycles. The van der Waals surface area contributed by atoms with Gasteiger partial charge < -0.3 is 14.8 Å². The van der Waals surface area contributed by atoms with Gasteiger partial charge in [-0.05, 0) is 24.3 Å². The number of hydrogen-bond donors (Lipinski definition) is 1. The molecule has 0 aliphatic carbocycles. The number of hydrogen-bond acceptors (Lipinski definition) is 4. The number of nitrogens with one attached hydrogen (secondary N) is 1. The summed E-state index contributed by atoms with van der Waals surface area (Å²) in [4.78, 5) is 0. The number of rotatable bonds is 7. The Labute approximate surface area is 95.8 Å². The van der Waals surface area contributed by atoms with Crippen LogP contribution in [0.2, 0.25) is 0 Å². The standard InChI is InChI=1S/C12H16N2O2/c1-15-11-3-5-12(6-4-11)16-10-9-14-8-2-7-13/h3-6,14H,2,8-10H2,1H3. The molecule has 4 nitrogen and oxygen atoms in total. The first-order valence-corrected chi connectivity index (χ1v) is 5.21. The van der Waals surface area contributed by atoms with E-state index >= 15 is 0 Å². The van der Waals surface area contributed by atoms with Crippen LogP contribution in [0, 0.1) is 11.3 Å². The van der Waals surface area contributed by atoms with Crippen molar-refractivity contribution in [1.82, 2.24) is 5.32 Å². The van der Waals surface area contributed by atoms with E-state index in [0.717, 1.165) is 18.0 Å². The van der Waals surface area contributed by atoms with E-state index in [1.165, 1.54) is 0 Å². The highest BCUT2D eigenvalue weighted by molar-refractivity contribution is 5.31. The van der Waals surface area contributed by atoms with Crippen LogP contribution in [0.4, 0.5) is 0 Å². The van der Waals surface area contributed by atoms with E-state index in [1.54, 1.807) is 7.11 Å². The van der Waals surface area contributed by atoms with Gasteiger partial charge in [0, 0.05) is 19.5 Å². The molecular weight excluding hydrogens is 204 g/mol. The molecule has 0 heterocycles. The van der Waals surface area contributed by atoms with E-state index in [-0.39, 0.29) is 0 Å². The predicted molar refractivity (Wildman–Crippen MR) is 61.6 cm³/mol. The molecule has 0 atom stereocenters. The van der Waals surface area contributed by atoms with Crippen molar-refractivity contribution in [3.8, 4) is 17.6 Å². The van der Waals surface area contributed by atoms with Crippen molar-refractivity contribution in [2.24, 2.45) is 0 Å². The van der Waals surface area contributed by atoms with Gasteiger partial charge in [0.2, 0.25) is 0 Å². The molecule has 0 spiro atoms. The first-order valence-electron chi connectivity index (χ1n) is 5.21. The fourth-order valence-corrected chi connectivity index (χ4v) is 1.18. The quantitative estimate of drug-likeness (QED) is 0.709. The highest BCUT2D eigenvalue weighted by Gasteiger charge is 1.94. The Kier molecular flexibility index (Phi) is 5.82. The van der Waals surface area contributed by atoms with E-state index in [4.69, 9.17) is 14.7 Å². The van der Waals surface area contributed by atoms with E-state index in [2.05, 4.69) is 11.4 Å². The summed E-state index contributed by atoms with van der Waals surface area (Å²) in [5, 5.41) is 11.4. The third kappa shape index (κ3) is 4.67. The van der Waals surface area contributed by atoms with Crippen LogP contribution in [0.25, 0.3) is 0 Å². The van der Waals surface area contributed by atoms with Crippen molar-refractivity contribution < 1.29 is 9.47 Å². The van der Waals surface area contributed by atoms with Crippen LogP contribution in [-0.2, 0) is 0 Å². The number of nitriles is 1. The number of ether oxygens (including phenoxy) is 2. The molecule has 0 amide bonds. The third-order valence-corrected chi connectivity index (χ3v) is 2.02. The van der Waals surface area contributed by atoms with Gasteiger partial charge in [-0.15, -0.1) is 0 Å². The molecule has 1 aromatic carbocycles. The van der Waals surface area contributed by atoms with E-state index in [1.807, 2.05) is 24.3 Å². The molecule has 4 heteroatoms. The van der Waals surface area contributed by atoms with Gasteiger partial charge in [-0.2, -0.15) is 5.26 Å². The lowest BCUT2D eigenvalue weighted by atomic mass is 10.3. The Morgan fingerprint density at radius 3 is 2.50 bits per heavy atom. The molecule has 0 unspecified atom stereocenters. The highest BCUT2D eigenvalue weighted by Crippen LogP contribution is 2.16. The summed E-state index contributed by atoms with van der Waals surface area (Å²) in [7, 11) is 1.63. The van der Waals surface area contributed by atoms with Gasteiger partial charge >= 0.3 is 0 Å². The van der Waals surface area contributed by atoms with Gasteiger partial charge in [-0.3, -0.25) is 0 Å². The summed E-state index contributed by atoms with van der Waals surface area (Å²) in [5.41, 5.74) is 0. The summed E-state index contributed by atoms with van der Waals surface area (Å²) in [6, 6.07) is 9.53. The predicted octanol–water partition coefficient (Wildman–Crippen LogP) is 1.58. The van der Waals surface area contributed by atoms with E-state index < -0.39 is 0 Å². The van der Waals surface area contributed by atoms with Gasteiger partial charge in [-0.1, -0.05) is 0 Å². The first kappa shape index (κ1) is 12.3. The van der Waals surface area contributed by atoms with Crippen molar-refractivity contribution in [1.29, 1.82) is 5.26 Å². The number of nitrogens with zero attached hydrogens (tertiary/aromatic N) is 1. The molecule has 1 N–H and O–H groups in total. The SMILES string of the molecule is COc1ccc(OCCNCCC#N)cc1. The summed E-state index contributed by atoms with van der Waals surface area (Å²) >= 11 is 0. The zero-order chi connectivity index (χ0) is 11.6. The molecule has 86 valence electrons. The Morgan fingerprint density at radius 2 is 1.88 bits per heavy atom. The van der Waals surface area contributed by atoms with Gasteiger partial charge in [0.05, 0.1) is 13.2 Å². The fourth-order valence-electron chi connectivity index (χ4n) is 1.18. The lowest BCUT2D eigenvalue weighted by Crippen LogP contribution is -2.21. The molecule has 0 aliphatic heterocycles. The molecule has 0 aliphatic rings. The minimum Gasteiger partial charge on any atom is -0.497 e. The summed E-state index contributed by atoms with van der Waals surface area (Å²) in [6.07, 6.45) is 0.530. The Morgan fingerprint density at radius 1 is 1.19 bits per heavy atom. The largest absolute Gasteiger partial charge is 0.497 e. The Hall–Kier alpha value is -1.73. The van der Waals surface area contributed by atoms with Gasteiger partial charge in [0.25, 0.3) is 0 Å². The van der Waals surface area contributed by atoms with Crippen molar-refractivity contribution in [3.05, 3.63) is 24.3 Å². The maximum atomic E-state index is 8.32. The van der Waals surface area contributed by atoms with Crippen molar-refractivity contribution in [2.45, 2.75) is 6.42 Å². The second-order valence-corrected chi connectivity index (χ2v) is 3.18. The molecule has 1 rings (SSSR count). The Balaban J connectivity index is 2.15. The molecule has 0 saturated heterocycles. The number of benzene rings is 1. The summed E-state index contributed by atoms with van der Waals surface area (Å²) < 4.78 is 10.5. The first-order chi connectivity index (χ1) is 7.86. The fraction of sp³-hybridized carbons (Fsp3) is 0.417. The van der Waals surface area contributed by atoms with Crippen molar-refractivity contribution >= 4 is 0 Å². The maximum absolute atomic E-state index is 8.32. The summed E-state index contributed by atoms with van der Waals surface area (Å²) in [6.45, 7) is 2.05. The lowest BCUT2D eigenvalue weighted by molar-refractivity contribution is 0.314. The van der Waals surface area contributed by atoms with Crippen molar-refractivity contribution in [3.63, 3.8) is 0 Å². The average Bonchev–Trinajstić information content (AvgIpc) is 2.34. The third-order valence-electron chi connectivity index (χ3n) is 2.02. The van der Waals surface area contributed by atoms with Crippen LogP contribution in [0.1, 0.15) is 6.42 Å². The topological polar surface area (TPSA) is 54.3 Å². The van der Waals surface area contributed by atoms with Gasteiger partial charge in [0.15, 0.2) is 0 Å². The summed E-state index contributed by atoms with van der Waals surface area (Å²) in [5.74, 6) is 1.64. The van der Waals surface area contributed by atoms with E-state index in [0.29, 0.717) is 19.6 Å². The maximum Gasteiger partial charge on any atom is 0.119 e. The average molecular weight is 220 g/mol. The van der Waals surface area contributed by atoms with Gasteiger partial charge in [0.1, 0.15) is 18.1 Å². The zero-order valence-corrected chi connectivity index (χ0v) is 9.40. The molecule has 0 fully saturated rings. The molecule has 0 radical (unpaired) electrons. The van der Waals surface area contributed by atoms with Crippen LogP contribution in [-0.4, -0.2) is 26.8 Å². The zero-order valence-electron chi connectivity index (χ0n) is 9.40. The normalized spacial score (nSPS) is 9.50. The second kappa shape index (κ2) is 7.55. The van der Waals surface area contributed by atoms with Crippen molar-refractivity contribution in [2.75, 3.05) is 26.8 Å². The van der Waals surface area contributed by atoms with Crippen LogP contribution >= 0.6 is 0 Å². The minimum atomic E-state index is 0.530. The van der Waals surface area contributed by atoms with Gasteiger partial charge in [-0.25, -0.2) is 0 Å². The smallest absolute Gasteiger partial charge is 0.119 e. The van der Waals surface area contributed by atoms with Crippen LogP contribution in [0.3, 0.4) is 0 Å². The van der Waals surface area contributed by atoms with Crippen LogP contribution in [0.5, 0.6) is 11.5 Å². The highest BCUT2D eigenvalue weighted by atomic mass is 16.5. The van der Waals surface area contributed by atoms with Crippen LogP contribution < -0.4 is 14.8 Å². The lowest BCUT2D eigenvalue weighted by Gasteiger charge is -2.07. The molecule has 0 bridgehead atoms. The molecule has 0 saturated carbocycles. The Bertz CT molecular complexity index is 330. The molecular formula is C12H16N2O2. The van der Waals surface area contributed by atoms with Crippen LogP contribution in [0.15, 0.2) is 24.3 Å². The monoisotopic (exact) mass is 220 g/mol. The minimum absolute atomic E-state index is 0.530. The second-order valence-electron chi connectivity index (χ2n) is 3.18. The van der Waals surface area contributed by atoms with E-state index in [9.17, 15) is 0 Å². The number of methoxy groups -OCH3 is 1. The molecule has 16 heavy (non-hydrogen) atoms.